The van der Waals surface area contributed by atoms with Crippen LogP contribution in [0.25, 0.3) is 0 Å². The lowest BCUT2D eigenvalue weighted by molar-refractivity contribution is -0.00561. The van der Waals surface area contributed by atoms with Crippen molar-refractivity contribution in [3.63, 3.8) is 0 Å². The van der Waals surface area contributed by atoms with Gasteiger partial charge >= 0.3 is 0 Å². The molecule has 0 aliphatic carbocycles. The Morgan fingerprint density at radius 1 is 1.26 bits per heavy atom. The Labute approximate surface area is 142 Å². The molecule has 128 valence electrons. The molecule has 3 atom stereocenters. The van der Waals surface area contributed by atoms with Crippen LogP contribution in [-0.4, -0.2) is 52.1 Å². The van der Waals surface area contributed by atoms with Gasteiger partial charge in [-0.1, -0.05) is 12.1 Å². The second-order valence-corrected chi connectivity index (χ2v) is 9.44. The fraction of sp³-hybridized carbons (Fsp3) is 0.625. The molecular formula is C16H24N2O3S2. The average Bonchev–Trinajstić information content (AvgIpc) is 3.06. The van der Waals surface area contributed by atoms with Gasteiger partial charge in [0.1, 0.15) is 6.23 Å². The highest BCUT2D eigenvalue weighted by Gasteiger charge is 2.24. The van der Waals surface area contributed by atoms with Crippen molar-refractivity contribution in [3.05, 3.63) is 29.8 Å². The highest BCUT2D eigenvalue weighted by Crippen LogP contribution is 2.24. The summed E-state index contributed by atoms with van der Waals surface area (Å²) in [6.45, 7) is 2.43. The van der Waals surface area contributed by atoms with E-state index in [9.17, 15) is 8.42 Å². The number of nitrogens with one attached hydrogen (secondary N) is 2. The van der Waals surface area contributed by atoms with Crippen LogP contribution in [0.2, 0.25) is 0 Å². The van der Waals surface area contributed by atoms with Gasteiger partial charge in [-0.05, 0) is 41.5 Å². The Balaban J connectivity index is 1.57. The maximum absolute atomic E-state index is 11.5. The third kappa shape index (κ3) is 4.70. The number of hydrogen-bond acceptors (Lipinski definition) is 6. The number of benzene rings is 1. The van der Waals surface area contributed by atoms with Crippen LogP contribution in [0.1, 0.15) is 18.0 Å². The molecule has 0 spiro atoms. The van der Waals surface area contributed by atoms with Crippen LogP contribution in [0.4, 0.5) is 0 Å². The SMILES string of the molecule is CS(=O)(=O)c1ccc(C2CNCC(OCC3CCSC3)N2)cc1. The molecule has 0 saturated carbocycles. The first-order valence-corrected chi connectivity index (χ1v) is 11.0. The Kier molecular flexibility index (Phi) is 5.64. The third-order valence-electron chi connectivity index (χ3n) is 4.33. The number of rotatable bonds is 5. The maximum Gasteiger partial charge on any atom is 0.175 e. The molecule has 23 heavy (non-hydrogen) atoms. The Morgan fingerprint density at radius 3 is 2.70 bits per heavy atom. The maximum atomic E-state index is 11.5. The molecule has 2 fully saturated rings. The van der Waals surface area contributed by atoms with Gasteiger partial charge in [0, 0.05) is 25.4 Å². The van der Waals surface area contributed by atoms with Gasteiger partial charge < -0.3 is 10.1 Å². The van der Waals surface area contributed by atoms with Gasteiger partial charge in [0.25, 0.3) is 0 Å². The van der Waals surface area contributed by atoms with Crippen molar-refractivity contribution < 1.29 is 13.2 Å². The summed E-state index contributed by atoms with van der Waals surface area (Å²) in [6, 6.07) is 7.25. The van der Waals surface area contributed by atoms with E-state index in [2.05, 4.69) is 10.6 Å². The summed E-state index contributed by atoms with van der Waals surface area (Å²) in [7, 11) is -3.14. The van der Waals surface area contributed by atoms with Gasteiger partial charge in [-0.25, -0.2) is 8.42 Å². The van der Waals surface area contributed by atoms with E-state index in [0.717, 1.165) is 25.3 Å². The zero-order valence-electron chi connectivity index (χ0n) is 13.3. The molecule has 2 aliphatic rings. The van der Waals surface area contributed by atoms with Crippen molar-refractivity contribution >= 4 is 21.6 Å². The number of ether oxygens (including phenoxy) is 1. The summed E-state index contributed by atoms with van der Waals surface area (Å²) in [6.07, 6.45) is 2.49. The van der Waals surface area contributed by atoms with Crippen molar-refractivity contribution in [1.29, 1.82) is 0 Å². The van der Waals surface area contributed by atoms with Gasteiger partial charge in [0.2, 0.25) is 0 Å². The van der Waals surface area contributed by atoms with Gasteiger partial charge in [-0.15, -0.1) is 0 Å². The zero-order chi connectivity index (χ0) is 16.3. The molecule has 0 aromatic heterocycles. The quantitative estimate of drug-likeness (QED) is 0.832. The second kappa shape index (κ2) is 7.53. The van der Waals surface area contributed by atoms with Gasteiger partial charge in [-0.2, -0.15) is 11.8 Å². The summed E-state index contributed by atoms with van der Waals surface area (Å²) in [5.41, 5.74) is 1.08. The first kappa shape index (κ1) is 17.2. The monoisotopic (exact) mass is 356 g/mol. The lowest BCUT2D eigenvalue weighted by Gasteiger charge is -2.32. The molecule has 1 aromatic carbocycles. The van der Waals surface area contributed by atoms with E-state index < -0.39 is 9.84 Å². The molecule has 2 saturated heterocycles. The summed E-state index contributed by atoms with van der Waals surface area (Å²) in [5, 5.41) is 6.90. The predicted molar refractivity (Wildman–Crippen MR) is 93.5 cm³/mol. The Hall–Kier alpha value is -0.600. The minimum atomic E-state index is -3.14. The zero-order valence-corrected chi connectivity index (χ0v) is 15.0. The Morgan fingerprint density at radius 2 is 2.04 bits per heavy atom. The molecule has 0 amide bonds. The van der Waals surface area contributed by atoms with Crippen molar-refractivity contribution in [1.82, 2.24) is 10.6 Å². The molecule has 7 heteroatoms. The number of piperazine rings is 1. The van der Waals surface area contributed by atoms with Crippen molar-refractivity contribution in [2.45, 2.75) is 23.6 Å². The second-order valence-electron chi connectivity index (χ2n) is 6.27. The number of thioether (sulfide) groups is 1. The molecular weight excluding hydrogens is 332 g/mol. The molecule has 3 rings (SSSR count). The highest BCUT2D eigenvalue weighted by atomic mass is 32.2. The van der Waals surface area contributed by atoms with Gasteiger partial charge in [0.05, 0.1) is 11.5 Å². The van der Waals surface area contributed by atoms with E-state index in [0.29, 0.717) is 10.8 Å². The highest BCUT2D eigenvalue weighted by molar-refractivity contribution is 7.99. The van der Waals surface area contributed by atoms with E-state index in [-0.39, 0.29) is 12.3 Å². The molecule has 0 radical (unpaired) electrons. The average molecular weight is 357 g/mol. The normalized spacial score (nSPS) is 28.8. The number of sulfone groups is 1. The Bertz CT molecular complexity index is 613. The first-order valence-electron chi connectivity index (χ1n) is 7.98. The predicted octanol–water partition coefficient (Wildman–Crippen LogP) is 1.42. The van der Waals surface area contributed by atoms with Crippen molar-refractivity contribution in [2.75, 3.05) is 37.5 Å². The fourth-order valence-corrected chi connectivity index (χ4v) is 4.83. The van der Waals surface area contributed by atoms with Crippen molar-refractivity contribution in [2.24, 2.45) is 5.92 Å². The molecule has 3 unspecified atom stereocenters. The van der Waals surface area contributed by atoms with Crippen LogP contribution in [0.15, 0.2) is 29.2 Å². The van der Waals surface area contributed by atoms with Crippen LogP contribution >= 0.6 is 11.8 Å². The third-order valence-corrected chi connectivity index (χ3v) is 6.69. The minimum absolute atomic E-state index is 0.00827. The summed E-state index contributed by atoms with van der Waals surface area (Å²) < 4.78 is 29.1. The van der Waals surface area contributed by atoms with Crippen molar-refractivity contribution in [3.8, 4) is 0 Å². The number of hydrogen-bond donors (Lipinski definition) is 2. The van der Waals surface area contributed by atoms with E-state index in [1.807, 2.05) is 23.9 Å². The molecule has 2 aliphatic heterocycles. The molecule has 2 N–H and O–H groups in total. The van der Waals surface area contributed by atoms with E-state index in [4.69, 9.17) is 4.74 Å². The molecule has 5 nitrogen and oxygen atoms in total. The lowest BCUT2D eigenvalue weighted by Crippen LogP contribution is -2.51. The summed E-state index contributed by atoms with van der Waals surface area (Å²) in [4.78, 5) is 0.358. The smallest absolute Gasteiger partial charge is 0.175 e. The van der Waals surface area contributed by atoms with E-state index in [1.54, 1.807) is 12.1 Å². The molecule has 0 bridgehead atoms. The molecule has 1 aromatic rings. The largest absolute Gasteiger partial charge is 0.362 e. The van der Waals surface area contributed by atoms with Crippen LogP contribution < -0.4 is 10.6 Å². The van der Waals surface area contributed by atoms with E-state index in [1.165, 1.54) is 24.2 Å². The summed E-state index contributed by atoms with van der Waals surface area (Å²) in [5.74, 6) is 3.13. The van der Waals surface area contributed by atoms with Crippen LogP contribution in [0.3, 0.4) is 0 Å². The van der Waals surface area contributed by atoms with E-state index >= 15 is 0 Å². The van der Waals surface area contributed by atoms with Gasteiger partial charge in [-0.3, -0.25) is 5.32 Å². The van der Waals surface area contributed by atoms with Crippen LogP contribution in [-0.2, 0) is 14.6 Å². The standard InChI is InChI=1S/C16H24N2O3S2/c1-23(19,20)14-4-2-13(3-5-14)15-8-17-9-16(18-15)21-10-12-6-7-22-11-12/h2-5,12,15-18H,6-11H2,1H3. The van der Waals surface area contributed by atoms with Crippen LogP contribution in [0.5, 0.6) is 0 Å². The summed E-state index contributed by atoms with van der Waals surface area (Å²) >= 11 is 2.00. The fourth-order valence-electron chi connectivity index (χ4n) is 2.94. The lowest BCUT2D eigenvalue weighted by atomic mass is 10.1. The first-order chi connectivity index (χ1) is 11.0. The topological polar surface area (TPSA) is 67.4 Å². The minimum Gasteiger partial charge on any atom is -0.362 e. The van der Waals surface area contributed by atoms with Gasteiger partial charge in [0.15, 0.2) is 9.84 Å². The van der Waals surface area contributed by atoms with Crippen LogP contribution in [0, 0.1) is 5.92 Å². The molecule has 2 heterocycles.